The molecule has 0 aliphatic heterocycles. The molecule has 0 saturated carbocycles. The van der Waals surface area contributed by atoms with Crippen molar-refractivity contribution < 1.29 is 17.2 Å². The van der Waals surface area contributed by atoms with Crippen molar-refractivity contribution in [1.29, 1.82) is 0 Å². The average molecular weight is 208 g/mol. The van der Waals surface area contributed by atoms with E-state index in [9.17, 15) is 17.2 Å². The van der Waals surface area contributed by atoms with Crippen molar-refractivity contribution in [2.24, 2.45) is 5.14 Å². The Kier molecular flexibility index (Phi) is 2.58. The topological polar surface area (TPSA) is 73.1 Å². The number of aromatic nitrogens is 1. The van der Waals surface area contributed by atoms with E-state index >= 15 is 0 Å². The second-order valence-electron chi connectivity index (χ2n) is 2.26. The number of halogens is 2. The number of pyridine rings is 1. The van der Waals surface area contributed by atoms with E-state index in [2.05, 4.69) is 4.98 Å². The number of nitrogens with two attached hydrogens (primary N) is 1. The number of primary sulfonamides is 1. The van der Waals surface area contributed by atoms with Crippen molar-refractivity contribution in [3.05, 3.63) is 24.0 Å². The highest BCUT2D eigenvalue weighted by Crippen LogP contribution is 2.16. The molecule has 0 amide bonds. The Morgan fingerprint density at radius 3 is 2.31 bits per heavy atom. The van der Waals surface area contributed by atoms with Crippen LogP contribution in [0.2, 0.25) is 0 Å². The van der Waals surface area contributed by atoms with Crippen LogP contribution in [0.25, 0.3) is 0 Å². The SMILES string of the molecule is NS(=O)(=O)c1ccc(C(F)F)nc1. The highest BCUT2D eigenvalue weighted by atomic mass is 32.2. The van der Waals surface area contributed by atoms with Gasteiger partial charge in [0.25, 0.3) is 6.43 Å². The lowest BCUT2D eigenvalue weighted by Crippen LogP contribution is -2.12. The minimum atomic E-state index is -3.85. The van der Waals surface area contributed by atoms with Crippen molar-refractivity contribution >= 4 is 10.0 Å². The number of nitrogens with zero attached hydrogens (tertiary/aromatic N) is 1. The maximum absolute atomic E-state index is 12.0. The van der Waals surface area contributed by atoms with Gasteiger partial charge in [0.05, 0.1) is 0 Å². The van der Waals surface area contributed by atoms with Crippen LogP contribution in [0.15, 0.2) is 23.2 Å². The minimum Gasteiger partial charge on any atom is -0.254 e. The van der Waals surface area contributed by atoms with Crippen LogP contribution in [0.1, 0.15) is 12.1 Å². The zero-order valence-electron chi connectivity index (χ0n) is 6.31. The van der Waals surface area contributed by atoms with E-state index in [1.54, 1.807) is 0 Å². The van der Waals surface area contributed by atoms with Gasteiger partial charge in [0.15, 0.2) is 0 Å². The first-order valence-electron chi connectivity index (χ1n) is 3.18. The van der Waals surface area contributed by atoms with Crippen LogP contribution >= 0.6 is 0 Å². The molecule has 0 bridgehead atoms. The van der Waals surface area contributed by atoms with E-state index in [1.807, 2.05) is 0 Å². The molecule has 1 rings (SSSR count). The van der Waals surface area contributed by atoms with Gasteiger partial charge in [-0.1, -0.05) is 0 Å². The molecular weight excluding hydrogens is 202 g/mol. The van der Waals surface area contributed by atoms with Gasteiger partial charge < -0.3 is 0 Å². The predicted molar refractivity (Wildman–Crippen MR) is 40.6 cm³/mol. The third kappa shape index (κ3) is 2.43. The Morgan fingerprint density at radius 2 is 2.00 bits per heavy atom. The fourth-order valence-corrected chi connectivity index (χ4v) is 1.15. The molecule has 13 heavy (non-hydrogen) atoms. The monoisotopic (exact) mass is 208 g/mol. The molecule has 0 unspecified atom stereocenters. The van der Waals surface area contributed by atoms with Crippen LogP contribution in [-0.4, -0.2) is 13.4 Å². The Balaban J connectivity index is 3.08. The zero-order chi connectivity index (χ0) is 10.1. The van der Waals surface area contributed by atoms with Gasteiger partial charge in [0.2, 0.25) is 10.0 Å². The number of sulfonamides is 1. The average Bonchev–Trinajstić information content (AvgIpc) is 2.03. The predicted octanol–water partition coefficient (Wildman–Crippen LogP) is 0.667. The van der Waals surface area contributed by atoms with Gasteiger partial charge in [-0.25, -0.2) is 22.3 Å². The summed E-state index contributed by atoms with van der Waals surface area (Å²) in [7, 11) is -3.85. The first-order chi connectivity index (χ1) is 5.91. The number of hydrogen-bond donors (Lipinski definition) is 1. The van der Waals surface area contributed by atoms with Gasteiger partial charge in [-0.05, 0) is 12.1 Å². The van der Waals surface area contributed by atoms with Gasteiger partial charge in [-0.3, -0.25) is 4.98 Å². The molecular formula is C6H6F2N2O2S. The maximum atomic E-state index is 12.0. The van der Waals surface area contributed by atoms with Crippen molar-refractivity contribution in [1.82, 2.24) is 4.98 Å². The van der Waals surface area contributed by atoms with Crippen LogP contribution in [0, 0.1) is 0 Å². The Bertz CT molecular complexity index is 388. The van der Waals surface area contributed by atoms with E-state index in [-0.39, 0.29) is 4.90 Å². The third-order valence-electron chi connectivity index (χ3n) is 1.31. The largest absolute Gasteiger partial charge is 0.280 e. The second-order valence-corrected chi connectivity index (χ2v) is 3.83. The van der Waals surface area contributed by atoms with Gasteiger partial charge in [-0.2, -0.15) is 0 Å². The van der Waals surface area contributed by atoms with Crippen LogP contribution < -0.4 is 5.14 Å². The molecule has 0 radical (unpaired) electrons. The Hall–Kier alpha value is -1.08. The first-order valence-corrected chi connectivity index (χ1v) is 4.73. The summed E-state index contributed by atoms with van der Waals surface area (Å²) in [6.07, 6.45) is -1.91. The van der Waals surface area contributed by atoms with Gasteiger partial charge in [0.1, 0.15) is 10.6 Å². The molecule has 0 spiro atoms. The van der Waals surface area contributed by atoms with Crippen LogP contribution in [0.3, 0.4) is 0 Å². The molecule has 1 aromatic heterocycles. The summed E-state index contributed by atoms with van der Waals surface area (Å²) < 4.78 is 45.2. The van der Waals surface area contributed by atoms with E-state index in [0.29, 0.717) is 0 Å². The highest BCUT2D eigenvalue weighted by molar-refractivity contribution is 7.89. The van der Waals surface area contributed by atoms with E-state index in [4.69, 9.17) is 5.14 Å². The molecule has 0 saturated heterocycles. The number of alkyl halides is 2. The lowest BCUT2D eigenvalue weighted by Gasteiger charge is -1.99. The third-order valence-corrected chi connectivity index (χ3v) is 2.21. The maximum Gasteiger partial charge on any atom is 0.280 e. The first kappa shape index (κ1) is 10.0. The Labute approximate surface area is 73.4 Å². The summed E-state index contributed by atoms with van der Waals surface area (Å²) >= 11 is 0. The van der Waals surface area contributed by atoms with E-state index in [1.165, 1.54) is 0 Å². The van der Waals surface area contributed by atoms with Crippen molar-refractivity contribution in [3.8, 4) is 0 Å². The molecule has 2 N–H and O–H groups in total. The standard InChI is InChI=1S/C6H6F2N2O2S/c7-6(8)5-2-1-4(3-10-5)13(9,11)12/h1-3,6H,(H2,9,11,12). The lowest BCUT2D eigenvalue weighted by molar-refractivity contribution is 0.146. The molecule has 0 aliphatic carbocycles. The number of hydrogen-bond acceptors (Lipinski definition) is 3. The summed E-state index contributed by atoms with van der Waals surface area (Å²) in [6.45, 7) is 0. The summed E-state index contributed by atoms with van der Waals surface area (Å²) in [6, 6.07) is 1.91. The normalized spacial score (nSPS) is 12.0. The molecule has 72 valence electrons. The van der Waals surface area contributed by atoms with E-state index in [0.717, 1.165) is 18.3 Å². The highest BCUT2D eigenvalue weighted by Gasteiger charge is 2.11. The van der Waals surface area contributed by atoms with Crippen molar-refractivity contribution in [2.75, 3.05) is 0 Å². The summed E-state index contributed by atoms with van der Waals surface area (Å²) in [5.41, 5.74) is -0.479. The lowest BCUT2D eigenvalue weighted by atomic mass is 10.4. The summed E-state index contributed by atoms with van der Waals surface area (Å²) in [4.78, 5) is 2.95. The van der Waals surface area contributed by atoms with Gasteiger partial charge in [-0.15, -0.1) is 0 Å². The van der Waals surface area contributed by atoms with Crippen LogP contribution in [0.5, 0.6) is 0 Å². The molecule has 1 heterocycles. The van der Waals surface area contributed by atoms with Gasteiger partial charge >= 0.3 is 0 Å². The molecule has 0 fully saturated rings. The smallest absolute Gasteiger partial charge is 0.254 e. The summed E-state index contributed by atoms with van der Waals surface area (Å²) in [5, 5.41) is 4.73. The fourth-order valence-electron chi connectivity index (χ4n) is 0.689. The molecule has 0 atom stereocenters. The van der Waals surface area contributed by atoms with Gasteiger partial charge in [0, 0.05) is 6.20 Å². The Morgan fingerprint density at radius 1 is 1.38 bits per heavy atom. The number of rotatable bonds is 2. The minimum absolute atomic E-state index is 0.281. The quantitative estimate of drug-likeness (QED) is 0.776. The molecule has 7 heteroatoms. The zero-order valence-corrected chi connectivity index (χ0v) is 7.13. The van der Waals surface area contributed by atoms with Crippen LogP contribution in [-0.2, 0) is 10.0 Å². The summed E-state index contributed by atoms with van der Waals surface area (Å²) in [5.74, 6) is 0. The molecule has 0 aliphatic rings. The van der Waals surface area contributed by atoms with Crippen molar-refractivity contribution in [3.63, 3.8) is 0 Å². The van der Waals surface area contributed by atoms with E-state index < -0.39 is 22.1 Å². The van der Waals surface area contributed by atoms with Crippen molar-refractivity contribution in [2.45, 2.75) is 11.3 Å². The molecule has 4 nitrogen and oxygen atoms in total. The van der Waals surface area contributed by atoms with Crippen LogP contribution in [0.4, 0.5) is 8.78 Å². The molecule has 0 aromatic carbocycles. The molecule has 1 aromatic rings. The second kappa shape index (κ2) is 3.35. The fraction of sp³-hybridized carbons (Fsp3) is 0.167.